The topological polar surface area (TPSA) is 12.5 Å². The molecule has 0 bridgehead atoms. The SMILES string of the molecule is Cc1ccc(B(c2c(C)cc(C)cc2C)c2ccc3c4c(cccc24)Oc2cc(N4c5c(F)cc(-c6ccccc6)cc5C5=CC=CC(C)C56C=CC=CC46C)ccc2-3)c(C)c1. The van der Waals surface area contributed by atoms with E-state index in [1.807, 2.05) is 18.2 Å². The van der Waals surface area contributed by atoms with Gasteiger partial charge >= 0.3 is 0 Å². The monoisotopic (exact) mass is 805 g/mol. The smallest absolute Gasteiger partial charge is 0.243 e. The zero-order chi connectivity index (χ0) is 42.7. The average molecular weight is 806 g/mol. The van der Waals surface area contributed by atoms with Crippen LogP contribution < -0.4 is 26.0 Å². The van der Waals surface area contributed by atoms with Crippen molar-refractivity contribution in [2.75, 3.05) is 4.90 Å². The number of fused-ring (bicyclic) bond motifs is 4. The fourth-order valence-electron chi connectivity index (χ4n) is 11.9. The van der Waals surface area contributed by atoms with Gasteiger partial charge in [0.2, 0.25) is 6.71 Å². The van der Waals surface area contributed by atoms with E-state index in [0.717, 1.165) is 56.0 Å². The number of hydrogen-bond acceptors (Lipinski definition) is 2. The van der Waals surface area contributed by atoms with Crippen LogP contribution in [0.2, 0.25) is 0 Å². The standard InChI is InChI=1S/C58H49BFNO/c1-35-21-25-49(37(3)29-35)59(55-38(4)30-36(2)31-39(55)5)50-26-24-45-44-23-22-43(34-53(44)62-52-20-14-18-46(50)54(45)52)61-56-47(32-42(33-51(56)60)41-16-9-8-10-17-41)48-19-13-15-40(6)58(48)28-12-11-27-57(58,61)7/h8-34,40H,1-7H3. The highest BCUT2D eigenvalue weighted by Gasteiger charge is 2.59. The summed E-state index contributed by atoms with van der Waals surface area (Å²) >= 11 is 0. The molecular weight excluding hydrogens is 756 g/mol. The molecule has 0 N–H and O–H groups in total. The van der Waals surface area contributed by atoms with Crippen LogP contribution in [0.3, 0.4) is 0 Å². The van der Waals surface area contributed by atoms with Gasteiger partial charge in [0.1, 0.15) is 17.3 Å². The lowest BCUT2D eigenvalue weighted by atomic mass is 9.34. The number of halogens is 1. The summed E-state index contributed by atoms with van der Waals surface area (Å²) in [5.41, 5.74) is 16.8. The Hall–Kier alpha value is -6.65. The van der Waals surface area contributed by atoms with Gasteiger partial charge in [-0.25, -0.2) is 4.39 Å². The molecule has 2 aliphatic carbocycles. The summed E-state index contributed by atoms with van der Waals surface area (Å²) in [5, 5.41) is 2.31. The summed E-state index contributed by atoms with van der Waals surface area (Å²) in [6, 6.07) is 43.2. The van der Waals surface area contributed by atoms with Gasteiger partial charge < -0.3 is 9.64 Å². The van der Waals surface area contributed by atoms with E-state index in [9.17, 15) is 0 Å². The minimum absolute atomic E-state index is 0.0300. The van der Waals surface area contributed by atoms with E-state index in [0.29, 0.717) is 5.69 Å². The van der Waals surface area contributed by atoms with Crippen LogP contribution in [-0.4, -0.2) is 12.3 Å². The number of benzene rings is 7. The van der Waals surface area contributed by atoms with Gasteiger partial charge in [0, 0.05) is 33.7 Å². The van der Waals surface area contributed by atoms with E-state index in [1.165, 1.54) is 49.6 Å². The molecule has 7 aromatic carbocycles. The highest BCUT2D eigenvalue weighted by molar-refractivity contribution is 6.97. The molecule has 62 heavy (non-hydrogen) atoms. The van der Waals surface area contributed by atoms with Gasteiger partial charge in [-0.1, -0.05) is 179 Å². The summed E-state index contributed by atoms with van der Waals surface area (Å²) in [7, 11) is 0. The van der Waals surface area contributed by atoms with E-state index < -0.39 is 11.0 Å². The average Bonchev–Trinajstić information content (AvgIpc) is 3.25. The molecule has 11 rings (SSSR count). The Morgan fingerprint density at radius 2 is 1.37 bits per heavy atom. The molecule has 0 amide bonds. The summed E-state index contributed by atoms with van der Waals surface area (Å²) in [6.45, 7) is 15.7. The van der Waals surface area contributed by atoms with E-state index in [-0.39, 0.29) is 18.4 Å². The maximum Gasteiger partial charge on any atom is 0.243 e. The van der Waals surface area contributed by atoms with Crippen molar-refractivity contribution in [3.63, 3.8) is 0 Å². The predicted molar refractivity (Wildman–Crippen MR) is 260 cm³/mol. The Morgan fingerprint density at radius 3 is 2.16 bits per heavy atom. The first-order valence-electron chi connectivity index (χ1n) is 22.0. The van der Waals surface area contributed by atoms with Crippen LogP contribution in [0, 0.1) is 51.8 Å². The van der Waals surface area contributed by atoms with Crippen LogP contribution in [-0.2, 0) is 0 Å². The van der Waals surface area contributed by atoms with Crippen molar-refractivity contribution in [2.45, 2.75) is 54.0 Å². The first-order chi connectivity index (χ1) is 30.0. The summed E-state index contributed by atoms with van der Waals surface area (Å²) in [5.74, 6) is 1.49. The van der Waals surface area contributed by atoms with Gasteiger partial charge in [-0.15, -0.1) is 0 Å². The van der Waals surface area contributed by atoms with Gasteiger partial charge in [0.05, 0.1) is 11.2 Å². The zero-order valence-corrected chi connectivity index (χ0v) is 36.5. The minimum Gasteiger partial charge on any atom is -0.456 e. The normalized spacial score (nSPS) is 20.2. The van der Waals surface area contributed by atoms with E-state index in [1.54, 1.807) is 6.07 Å². The van der Waals surface area contributed by atoms with Gasteiger partial charge in [0.25, 0.3) is 0 Å². The Kier molecular flexibility index (Phi) is 8.61. The maximum atomic E-state index is 17.3. The number of rotatable bonds is 5. The van der Waals surface area contributed by atoms with Crippen LogP contribution in [0.4, 0.5) is 15.8 Å². The Bertz CT molecular complexity index is 3150. The molecular formula is C58H49BFNO. The van der Waals surface area contributed by atoms with Crippen LogP contribution in [0.1, 0.15) is 47.2 Å². The lowest BCUT2D eigenvalue weighted by molar-refractivity contribution is 0.252. The van der Waals surface area contributed by atoms with Crippen molar-refractivity contribution in [2.24, 2.45) is 11.3 Å². The second-order valence-electron chi connectivity index (χ2n) is 18.3. The van der Waals surface area contributed by atoms with Crippen LogP contribution in [0.15, 0.2) is 164 Å². The molecule has 0 radical (unpaired) electrons. The maximum absolute atomic E-state index is 17.3. The molecule has 0 saturated carbocycles. The quantitative estimate of drug-likeness (QED) is 0.161. The third-order valence-electron chi connectivity index (χ3n) is 14.5. The Balaban J connectivity index is 1.10. The van der Waals surface area contributed by atoms with Crippen LogP contribution in [0.5, 0.6) is 11.5 Å². The molecule has 0 saturated heterocycles. The highest BCUT2D eigenvalue weighted by atomic mass is 19.1. The summed E-state index contributed by atoms with van der Waals surface area (Å²) < 4.78 is 24.4. The molecule has 3 unspecified atom stereocenters. The number of anilines is 2. The summed E-state index contributed by atoms with van der Waals surface area (Å²) in [4.78, 5) is 2.25. The van der Waals surface area contributed by atoms with E-state index >= 15 is 4.39 Å². The van der Waals surface area contributed by atoms with Gasteiger partial charge in [0.15, 0.2) is 0 Å². The molecule has 4 aliphatic rings. The van der Waals surface area contributed by atoms with Crippen molar-refractivity contribution < 1.29 is 9.13 Å². The number of allylic oxidation sites excluding steroid dienone is 5. The van der Waals surface area contributed by atoms with E-state index in [2.05, 4.69) is 193 Å². The lowest BCUT2D eigenvalue weighted by Gasteiger charge is -2.61. The third-order valence-corrected chi connectivity index (χ3v) is 14.5. The largest absolute Gasteiger partial charge is 0.456 e. The predicted octanol–water partition coefficient (Wildman–Crippen LogP) is 13.1. The molecule has 3 atom stereocenters. The fraction of sp³-hybridized carbons (Fsp3) is 0.172. The molecule has 0 aromatic heterocycles. The second kappa shape index (κ2) is 13.9. The first kappa shape index (κ1) is 38.3. The zero-order valence-electron chi connectivity index (χ0n) is 36.5. The van der Waals surface area contributed by atoms with Gasteiger partial charge in [-0.3, -0.25) is 0 Å². The van der Waals surface area contributed by atoms with Crippen molar-refractivity contribution in [3.05, 3.63) is 203 Å². The fourth-order valence-corrected chi connectivity index (χ4v) is 11.9. The number of hydrogen-bond donors (Lipinski definition) is 0. The Labute approximate surface area is 365 Å². The molecule has 2 aliphatic heterocycles. The van der Waals surface area contributed by atoms with Crippen molar-refractivity contribution in [1.82, 2.24) is 0 Å². The second-order valence-corrected chi connectivity index (χ2v) is 18.3. The van der Waals surface area contributed by atoms with Gasteiger partial charge in [-0.2, -0.15) is 0 Å². The molecule has 7 aromatic rings. The number of nitrogens with zero attached hydrogens (tertiary/aromatic N) is 1. The lowest BCUT2D eigenvalue weighted by Crippen LogP contribution is -2.61. The van der Waals surface area contributed by atoms with Crippen LogP contribution in [0.25, 0.3) is 38.6 Å². The molecule has 1 spiro atoms. The number of ether oxygens (including phenoxy) is 1. The molecule has 0 fully saturated rings. The van der Waals surface area contributed by atoms with Crippen molar-refractivity contribution in [3.8, 4) is 33.8 Å². The summed E-state index contributed by atoms with van der Waals surface area (Å²) in [6.07, 6.45) is 15.6. The number of aryl methyl sites for hydroxylation is 5. The van der Waals surface area contributed by atoms with Gasteiger partial charge in [-0.05, 0) is 105 Å². The molecule has 2 nitrogen and oxygen atoms in total. The highest BCUT2D eigenvalue weighted by Crippen LogP contribution is 2.65. The third kappa shape index (κ3) is 5.41. The molecule has 302 valence electrons. The van der Waals surface area contributed by atoms with Crippen LogP contribution >= 0.6 is 0 Å². The minimum atomic E-state index is -0.648. The van der Waals surface area contributed by atoms with Crippen molar-refractivity contribution in [1.29, 1.82) is 0 Å². The molecule has 4 heteroatoms. The Morgan fingerprint density at radius 1 is 0.629 bits per heavy atom. The first-order valence-corrected chi connectivity index (χ1v) is 22.0. The van der Waals surface area contributed by atoms with Crippen molar-refractivity contribution >= 4 is 50.8 Å². The van der Waals surface area contributed by atoms with E-state index in [4.69, 9.17) is 4.74 Å². The molecule has 2 heterocycles.